The van der Waals surface area contributed by atoms with E-state index in [4.69, 9.17) is 20.5 Å². The molecule has 4 rings (SSSR count). The zero-order chi connectivity index (χ0) is 28.2. The van der Waals surface area contributed by atoms with Gasteiger partial charge in [0.15, 0.2) is 11.5 Å². The summed E-state index contributed by atoms with van der Waals surface area (Å²) in [6.45, 7) is 5.59. The highest BCUT2D eigenvalue weighted by Crippen LogP contribution is 2.37. The SMILES string of the molecule is C=CCc1cc(/C=C2\C(=O)NC(=O)N(c3ccccc3)C2=O)cc(OCC)c1OS(=O)(=O)c1ccc(Cl)cc1. The molecule has 1 saturated heterocycles. The summed E-state index contributed by atoms with van der Waals surface area (Å²) in [5.41, 5.74) is 0.706. The van der Waals surface area contributed by atoms with Gasteiger partial charge in [-0.05, 0) is 73.5 Å². The molecule has 9 nitrogen and oxygen atoms in total. The smallest absolute Gasteiger partial charge is 0.339 e. The fourth-order valence-electron chi connectivity index (χ4n) is 3.83. The number of benzene rings is 3. The van der Waals surface area contributed by atoms with Gasteiger partial charge in [0.1, 0.15) is 10.5 Å². The van der Waals surface area contributed by atoms with Crippen LogP contribution in [0.5, 0.6) is 11.5 Å². The summed E-state index contributed by atoms with van der Waals surface area (Å²) in [6, 6.07) is 15.8. The molecule has 1 N–H and O–H groups in total. The van der Waals surface area contributed by atoms with E-state index in [2.05, 4.69) is 11.9 Å². The lowest BCUT2D eigenvalue weighted by Crippen LogP contribution is -2.54. The molecule has 11 heteroatoms. The number of barbiturate groups is 1. The van der Waals surface area contributed by atoms with Gasteiger partial charge in [0.2, 0.25) is 0 Å². The van der Waals surface area contributed by atoms with Crippen molar-refractivity contribution in [3.63, 3.8) is 0 Å². The van der Waals surface area contributed by atoms with E-state index in [1.165, 1.54) is 42.5 Å². The fraction of sp³-hybridized carbons (Fsp3) is 0.107. The summed E-state index contributed by atoms with van der Waals surface area (Å²) >= 11 is 5.88. The van der Waals surface area contributed by atoms with Gasteiger partial charge in [0, 0.05) is 10.6 Å². The molecule has 0 aliphatic carbocycles. The van der Waals surface area contributed by atoms with Gasteiger partial charge in [-0.15, -0.1) is 6.58 Å². The Labute approximate surface area is 230 Å². The van der Waals surface area contributed by atoms with E-state index in [1.54, 1.807) is 43.3 Å². The number of nitrogens with one attached hydrogen (secondary N) is 1. The number of hydrogen-bond donors (Lipinski definition) is 1. The molecule has 3 aromatic rings. The topological polar surface area (TPSA) is 119 Å². The zero-order valence-corrected chi connectivity index (χ0v) is 22.3. The number of nitrogens with zero attached hydrogens (tertiary/aromatic N) is 1. The van der Waals surface area contributed by atoms with Gasteiger partial charge < -0.3 is 8.92 Å². The van der Waals surface area contributed by atoms with E-state index >= 15 is 0 Å². The first-order valence-electron chi connectivity index (χ1n) is 11.7. The van der Waals surface area contributed by atoms with Gasteiger partial charge in [-0.2, -0.15) is 8.42 Å². The van der Waals surface area contributed by atoms with Gasteiger partial charge in [-0.1, -0.05) is 35.9 Å². The third-order valence-electron chi connectivity index (χ3n) is 5.54. The second-order valence-electron chi connectivity index (χ2n) is 8.22. The average Bonchev–Trinajstić information content (AvgIpc) is 2.89. The van der Waals surface area contributed by atoms with Gasteiger partial charge in [0.25, 0.3) is 11.8 Å². The molecule has 1 aliphatic rings. The van der Waals surface area contributed by atoms with Crippen LogP contribution in [0.3, 0.4) is 0 Å². The largest absolute Gasteiger partial charge is 0.490 e. The second-order valence-corrected chi connectivity index (χ2v) is 10.2. The third kappa shape index (κ3) is 6.02. The molecule has 0 atom stereocenters. The zero-order valence-electron chi connectivity index (χ0n) is 20.7. The van der Waals surface area contributed by atoms with Crippen LogP contribution in [0.15, 0.2) is 89.9 Å². The van der Waals surface area contributed by atoms with E-state index < -0.39 is 28.0 Å². The maximum Gasteiger partial charge on any atom is 0.339 e. The van der Waals surface area contributed by atoms with Crippen molar-refractivity contribution in [1.29, 1.82) is 0 Å². The van der Waals surface area contributed by atoms with Crippen molar-refractivity contribution in [2.45, 2.75) is 18.2 Å². The van der Waals surface area contributed by atoms with E-state index in [0.717, 1.165) is 4.90 Å². The minimum absolute atomic E-state index is 0.0608. The fourth-order valence-corrected chi connectivity index (χ4v) is 4.93. The molecule has 200 valence electrons. The summed E-state index contributed by atoms with van der Waals surface area (Å²) in [5, 5.41) is 2.53. The Morgan fingerprint density at radius 1 is 1.03 bits per heavy atom. The van der Waals surface area contributed by atoms with Gasteiger partial charge in [0.05, 0.1) is 12.3 Å². The van der Waals surface area contributed by atoms with Crippen molar-refractivity contribution in [3.05, 3.63) is 101 Å². The number of anilines is 1. The van der Waals surface area contributed by atoms with Crippen molar-refractivity contribution < 1.29 is 31.7 Å². The standard InChI is InChI=1S/C28H23ClN2O7S/c1-3-8-19-15-18(16-23-26(32)30-28(34)31(27(23)33)21-9-6-5-7-10-21)17-24(37-4-2)25(19)38-39(35,36)22-13-11-20(29)12-14-22/h3,5-7,9-17H,1,4,8H2,2H3,(H,30,32,34)/b23-16+. The van der Waals surface area contributed by atoms with E-state index in [-0.39, 0.29) is 40.7 Å². The Kier molecular flexibility index (Phi) is 8.18. The average molecular weight is 567 g/mol. The number of urea groups is 1. The van der Waals surface area contributed by atoms with Crippen molar-refractivity contribution in [3.8, 4) is 11.5 Å². The lowest BCUT2D eigenvalue weighted by atomic mass is 10.0. The van der Waals surface area contributed by atoms with Crippen LogP contribution in [0.2, 0.25) is 5.02 Å². The molecule has 3 aromatic carbocycles. The molecule has 0 unspecified atom stereocenters. The third-order valence-corrected chi connectivity index (χ3v) is 7.03. The summed E-state index contributed by atoms with van der Waals surface area (Å²) < 4.78 is 37.2. The molecule has 0 bridgehead atoms. The maximum absolute atomic E-state index is 13.2. The van der Waals surface area contributed by atoms with Crippen molar-refractivity contribution in [2.24, 2.45) is 0 Å². The first kappa shape index (κ1) is 27.6. The Bertz CT molecular complexity index is 1580. The van der Waals surface area contributed by atoms with Crippen LogP contribution in [-0.2, 0) is 26.1 Å². The molecule has 1 fully saturated rings. The van der Waals surface area contributed by atoms with Gasteiger partial charge in [-0.3, -0.25) is 14.9 Å². The molecule has 0 saturated carbocycles. The lowest BCUT2D eigenvalue weighted by molar-refractivity contribution is -0.122. The summed E-state index contributed by atoms with van der Waals surface area (Å²) in [7, 11) is -4.26. The summed E-state index contributed by atoms with van der Waals surface area (Å²) in [4.78, 5) is 39.1. The highest BCUT2D eigenvalue weighted by Gasteiger charge is 2.37. The normalized spacial score (nSPS) is 14.8. The number of para-hydroxylation sites is 1. The molecule has 0 radical (unpaired) electrons. The number of carbonyl (C=O) groups is 3. The van der Waals surface area contributed by atoms with Crippen LogP contribution in [-0.4, -0.2) is 32.9 Å². The molecule has 0 aromatic heterocycles. The summed E-state index contributed by atoms with van der Waals surface area (Å²) in [6.07, 6.45) is 3.02. The minimum Gasteiger partial charge on any atom is -0.490 e. The Morgan fingerprint density at radius 2 is 1.72 bits per heavy atom. The highest BCUT2D eigenvalue weighted by molar-refractivity contribution is 7.87. The van der Waals surface area contributed by atoms with E-state index in [9.17, 15) is 22.8 Å². The van der Waals surface area contributed by atoms with Crippen molar-refractivity contribution >= 4 is 51.3 Å². The van der Waals surface area contributed by atoms with Crippen LogP contribution < -0.4 is 19.1 Å². The predicted octanol–water partition coefficient (Wildman–Crippen LogP) is 4.90. The van der Waals surface area contributed by atoms with Crippen LogP contribution in [0.25, 0.3) is 6.08 Å². The quantitative estimate of drug-likeness (QED) is 0.169. The first-order chi connectivity index (χ1) is 18.6. The number of allylic oxidation sites excluding steroid dienone is 1. The van der Waals surface area contributed by atoms with Crippen LogP contribution in [0.4, 0.5) is 10.5 Å². The highest BCUT2D eigenvalue weighted by atomic mass is 35.5. The first-order valence-corrected chi connectivity index (χ1v) is 13.5. The number of hydrogen-bond acceptors (Lipinski definition) is 7. The molecule has 39 heavy (non-hydrogen) atoms. The number of ether oxygens (including phenoxy) is 1. The predicted molar refractivity (Wildman–Crippen MR) is 146 cm³/mol. The van der Waals surface area contributed by atoms with Crippen LogP contribution >= 0.6 is 11.6 Å². The van der Waals surface area contributed by atoms with Crippen LogP contribution in [0, 0.1) is 0 Å². The number of carbonyl (C=O) groups excluding carboxylic acids is 3. The monoisotopic (exact) mass is 566 g/mol. The summed E-state index contributed by atoms with van der Waals surface area (Å²) in [5.74, 6) is -1.68. The minimum atomic E-state index is -4.26. The molecule has 0 spiro atoms. The maximum atomic E-state index is 13.2. The number of amides is 4. The number of imide groups is 2. The van der Waals surface area contributed by atoms with Crippen LogP contribution in [0.1, 0.15) is 18.1 Å². The Balaban J connectivity index is 1.78. The van der Waals surface area contributed by atoms with E-state index in [1.807, 2.05) is 0 Å². The number of halogens is 1. The molecular weight excluding hydrogens is 544 g/mol. The number of rotatable bonds is 9. The molecular formula is C28H23ClN2O7S. The van der Waals surface area contributed by atoms with E-state index in [0.29, 0.717) is 16.1 Å². The Hall–Kier alpha value is -4.41. The van der Waals surface area contributed by atoms with Crippen molar-refractivity contribution in [2.75, 3.05) is 11.5 Å². The van der Waals surface area contributed by atoms with Crippen molar-refractivity contribution in [1.82, 2.24) is 5.32 Å². The second kappa shape index (κ2) is 11.5. The van der Waals surface area contributed by atoms with Gasteiger partial charge >= 0.3 is 16.1 Å². The molecule has 1 heterocycles. The lowest BCUT2D eigenvalue weighted by Gasteiger charge is -2.26. The van der Waals surface area contributed by atoms with Gasteiger partial charge in [-0.25, -0.2) is 9.69 Å². The molecule has 4 amide bonds. The Morgan fingerprint density at radius 3 is 2.36 bits per heavy atom. The molecule has 1 aliphatic heterocycles.